The second-order valence-electron chi connectivity index (χ2n) is 3.34. The van der Waals surface area contributed by atoms with E-state index in [2.05, 4.69) is 21.1 Å². The Labute approximate surface area is 107 Å². The maximum absolute atomic E-state index is 5.87. The number of benzene rings is 1. The van der Waals surface area contributed by atoms with Crippen molar-refractivity contribution >= 4 is 27.5 Å². The Morgan fingerprint density at radius 1 is 1.38 bits per heavy atom. The summed E-state index contributed by atoms with van der Waals surface area (Å²) in [6.45, 7) is 0.552. The minimum absolute atomic E-state index is 0.552. The van der Waals surface area contributed by atoms with E-state index in [1.165, 1.54) is 0 Å². The lowest BCUT2D eigenvalue weighted by Crippen LogP contribution is -2.01. The van der Waals surface area contributed by atoms with Crippen molar-refractivity contribution in [2.24, 2.45) is 5.73 Å². The molecule has 1 aromatic carbocycles. The van der Waals surface area contributed by atoms with Crippen LogP contribution in [-0.4, -0.2) is 11.7 Å². The zero-order valence-corrected chi connectivity index (χ0v) is 10.8. The predicted octanol–water partition coefficient (Wildman–Crippen LogP) is 3.26. The van der Waals surface area contributed by atoms with Gasteiger partial charge in [-0.3, -0.25) is 0 Å². The lowest BCUT2D eigenvalue weighted by atomic mass is 10.1. The summed E-state index contributed by atoms with van der Waals surface area (Å²) in [7, 11) is 0. The Kier molecular flexibility index (Phi) is 3.63. The molecule has 0 unspecified atom stereocenters. The molecule has 0 atom stereocenters. The van der Waals surface area contributed by atoms with Crippen molar-refractivity contribution in [3.63, 3.8) is 0 Å². The van der Waals surface area contributed by atoms with Crippen molar-refractivity contribution in [1.82, 2.24) is 5.16 Å². The van der Waals surface area contributed by atoms with Crippen LogP contribution in [0.25, 0.3) is 11.3 Å². The van der Waals surface area contributed by atoms with Crippen LogP contribution < -0.4 is 5.73 Å². The lowest BCUT2D eigenvalue weighted by molar-refractivity contribution is 0.386. The third-order valence-electron chi connectivity index (χ3n) is 2.16. The largest absolute Gasteiger partial charge is 0.361 e. The highest BCUT2D eigenvalue weighted by Crippen LogP contribution is 2.30. The first-order valence-corrected chi connectivity index (χ1v) is 5.99. The number of halogens is 2. The molecule has 3 nitrogen and oxygen atoms in total. The Morgan fingerprint density at radius 2 is 2.19 bits per heavy atom. The van der Waals surface area contributed by atoms with E-state index in [1.54, 1.807) is 0 Å². The Bertz CT molecular complexity index is 498. The van der Waals surface area contributed by atoms with Crippen molar-refractivity contribution in [3.8, 4) is 11.3 Å². The molecule has 0 saturated heterocycles. The monoisotopic (exact) mass is 300 g/mol. The van der Waals surface area contributed by atoms with Gasteiger partial charge in [0, 0.05) is 27.5 Å². The van der Waals surface area contributed by atoms with Crippen LogP contribution in [-0.2, 0) is 6.42 Å². The van der Waals surface area contributed by atoms with E-state index in [4.69, 9.17) is 21.9 Å². The van der Waals surface area contributed by atoms with E-state index in [0.717, 1.165) is 21.5 Å². The topological polar surface area (TPSA) is 52.0 Å². The smallest absolute Gasteiger partial charge is 0.138 e. The SMILES string of the molecule is NCCc1cc(-c2ccc(Cl)cc2Br)no1. The second kappa shape index (κ2) is 4.99. The van der Waals surface area contributed by atoms with Gasteiger partial charge in [-0.05, 0) is 18.7 Å². The average Bonchev–Trinajstić information content (AvgIpc) is 2.67. The third kappa shape index (κ3) is 2.45. The molecular weight excluding hydrogens is 291 g/mol. The third-order valence-corrected chi connectivity index (χ3v) is 3.05. The van der Waals surface area contributed by atoms with E-state index in [-0.39, 0.29) is 0 Å². The van der Waals surface area contributed by atoms with Gasteiger partial charge < -0.3 is 10.3 Å². The number of rotatable bonds is 3. The number of hydrogen-bond donors (Lipinski definition) is 1. The van der Waals surface area contributed by atoms with Crippen LogP contribution in [0.3, 0.4) is 0 Å². The first kappa shape index (κ1) is 11.6. The van der Waals surface area contributed by atoms with Crippen molar-refractivity contribution < 1.29 is 4.52 Å². The van der Waals surface area contributed by atoms with Crippen LogP contribution in [0.1, 0.15) is 5.76 Å². The average molecular weight is 302 g/mol. The van der Waals surface area contributed by atoms with Crippen LogP contribution in [0.2, 0.25) is 5.02 Å². The maximum Gasteiger partial charge on any atom is 0.138 e. The van der Waals surface area contributed by atoms with Gasteiger partial charge in [0.15, 0.2) is 0 Å². The lowest BCUT2D eigenvalue weighted by Gasteiger charge is -1.99. The Hall–Kier alpha value is -0.840. The molecule has 0 aliphatic rings. The molecule has 5 heteroatoms. The van der Waals surface area contributed by atoms with E-state index in [9.17, 15) is 0 Å². The van der Waals surface area contributed by atoms with Gasteiger partial charge in [-0.2, -0.15) is 0 Å². The number of aromatic nitrogens is 1. The molecule has 0 spiro atoms. The number of hydrogen-bond acceptors (Lipinski definition) is 3. The van der Waals surface area contributed by atoms with Crippen LogP contribution in [0.5, 0.6) is 0 Å². The summed E-state index contributed by atoms with van der Waals surface area (Å²) in [5.41, 5.74) is 7.18. The molecule has 2 N–H and O–H groups in total. The highest BCUT2D eigenvalue weighted by molar-refractivity contribution is 9.10. The van der Waals surface area contributed by atoms with Crippen molar-refractivity contribution in [2.75, 3.05) is 6.54 Å². The number of nitrogens with zero attached hydrogens (tertiary/aromatic N) is 1. The Balaban J connectivity index is 2.35. The minimum Gasteiger partial charge on any atom is -0.361 e. The molecule has 0 saturated carbocycles. The van der Waals surface area contributed by atoms with Gasteiger partial charge in [-0.15, -0.1) is 0 Å². The van der Waals surface area contributed by atoms with Crippen molar-refractivity contribution in [2.45, 2.75) is 6.42 Å². The number of nitrogens with two attached hydrogens (primary N) is 1. The Morgan fingerprint density at radius 3 is 2.88 bits per heavy atom. The van der Waals surface area contributed by atoms with Gasteiger partial charge in [-0.25, -0.2) is 0 Å². The summed E-state index contributed by atoms with van der Waals surface area (Å²) in [6.07, 6.45) is 0.693. The van der Waals surface area contributed by atoms with Gasteiger partial charge in [0.1, 0.15) is 11.5 Å². The molecule has 1 heterocycles. The summed E-state index contributed by atoms with van der Waals surface area (Å²) in [4.78, 5) is 0. The molecule has 0 aliphatic carbocycles. The van der Waals surface area contributed by atoms with E-state index in [1.807, 2.05) is 24.3 Å². The van der Waals surface area contributed by atoms with Gasteiger partial charge in [0.05, 0.1) is 0 Å². The molecule has 2 aromatic rings. The second-order valence-corrected chi connectivity index (χ2v) is 4.63. The molecule has 0 fully saturated rings. The summed E-state index contributed by atoms with van der Waals surface area (Å²) < 4.78 is 6.06. The first-order valence-electron chi connectivity index (χ1n) is 4.82. The van der Waals surface area contributed by atoms with Gasteiger partial charge >= 0.3 is 0 Å². The first-order chi connectivity index (χ1) is 7.70. The highest BCUT2D eigenvalue weighted by Gasteiger charge is 2.09. The normalized spacial score (nSPS) is 10.7. The van der Waals surface area contributed by atoms with Crippen molar-refractivity contribution in [1.29, 1.82) is 0 Å². The fraction of sp³-hybridized carbons (Fsp3) is 0.182. The fourth-order valence-electron chi connectivity index (χ4n) is 1.40. The molecule has 0 aliphatic heterocycles. The summed E-state index contributed by atoms with van der Waals surface area (Å²) >= 11 is 9.31. The van der Waals surface area contributed by atoms with Crippen molar-refractivity contribution in [3.05, 3.63) is 39.5 Å². The van der Waals surface area contributed by atoms with Crippen LogP contribution in [0, 0.1) is 0 Å². The highest BCUT2D eigenvalue weighted by atomic mass is 79.9. The fourth-order valence-corrected chi connectivity index (χ4v) is 2.28. The zero-order chi connectivity index (χ0) is 11.5. The molecule has 0 amide bonds. The molecule has 1 aromatic heterocycles. The van der Waals surface area contributed by atoms with Gasteiger partial charge in [-0.1, -0.05) is 38.8 Å². The van der Waals surface area contributed by atoms with Crippen LogP contribution in [0.15, 0.2) is 33.3 Å². The van der Waals surface area contributed by atoms with E-state index in [0.29, 0.717) is 18.0 Å². The molecule has 0 radical (unpaired) electrons. The summed E-state index contributed by atoms with van der Waals surface area (Å²) in [5, 5.41) is 4.67. The summed E-state index contributed by atoms with van der Waals surface area (Å²) in [6, 6.07) is 7.43. The van der Waals surface area contributed by atoms with Crippen LogP contribution in [0.4, 0.5) is 0 Å². The van der Waals surface area contributed by atoms with Gasteiger partial charge in [0.2, 0.25) is 0 Å². The quantitative estimate of drug-likeness (QED) is 0.946. The zero-order valence-electron chi connectivity index (χ0n) is 8.41. The molecular formula is C11H10BrClN2O. The van der Waals surface area contributed by atoms with E-state index < -0.39 is 0 Å². The predicted molar refractivity (Wildman–Crippen MR) is 67.4 cm³/mol. The molecule has 2 rings (SSSR count). The molecule has 84 valence electrons. The van der Waals surface area contributed by atoms with Crippen LogP contribution >= 0.6 is 27.5 Å². The van der Waals surface area contributed by atoms with E-state index >= 15 is 0 Å². The maximum atomic E-state index is 5.87. The minimum atomic E-state index is 0.552. The standard InChI is InChI=1S/C11H10BrClN2O/c12-10-5-7(13)1-2-9(10)11-6-8(3-4-14)16-15-11/h1-2,5-6H,3-4,14H2. The molecule has 16 heavy (non-hydrogen) atoms. The molecule has 0 bridgehead atoms. The van der Waals surface area contributed by atoms with Gasteiger partial charge in [0.25, 0.3) is 0 Å². The summed E-state index contributed by atoms with van der Waals surface area (Å²) in [5.74, 6) is 0.791.